The van der Waals surface area contributed by atoms with Crippen LogP contribution in [0.15, 0.2) is 18.2 Å². The van der Waals surface area contributed by atoms with Gasteiger partial charge >= 0.3 is 5.97 Å². The van der Waals surface area contributed by atoms with Crippen molar-refractivity contribution in [3.05, 3.63) is 33.8 Å². The van der Waals surface area contributed by atoms with Crippen LogP contribution >= 0.6 is 23.2 Å². The number of methoxy groups -OCH3 is 1. The Hall–Kier alpha value is -1.30. The fraction of sp³-hybridized carbons (Fsp3) is 0.467. The molecular weight excluding hydrogens is 329 g/mol. The number of aliphatic hydroxyl groups is 1. The molecule has 0 aliphatic rings. The van der Waals surface area contributed by atoms with Crippen LogP contribution in [-0.4, -0.2) is 48.7 Å². The second kappa shape index (κ2) is 8.98. The number of benzene rings is 1. The standard InChI is InChI=1S/C15H19Cl2NO4/c1-10(15(21)22-2)9-18(6-3-7-19)14(20)11-4-5-12(16)13(17)8-11/h4-5,8,10,19H,3,6-7,9H2,1-2H3. The predicted molar refractivity (Wildman–Crippen MR) is 85.2 cm³/mol. The summed E-state index contributed by atoms with van der Waals surface area (Å²) in [6, 6.07) is 4.61. The SMILES string of the molecule is COC(=O)C(C)CN(CCCO)C(=O)c1ccc(Cl)c(Cl)c1. The van der Waals surface area contributed by atoms with Crippen molar-refractivity contribution in [1.82, 2.24) is 4.90 Å². The predicted octanol–water partition coefficient (Wildman–Crippen LogP) is 2.63. The van der Waals surface area contributed by atoms with Gasteiger partial charge < -0.3 is 14.7 Å². The third kappa shape index (κ3) is 5.16. The fourth-order valence-corrected chi connectivity index (χ4v) is 2.25. The van der Waals surface area contributed by atoms with Crippen LogP contribution in [0.25, 0.3) is 0 Å². The van der Waals surface area contributed by atoms with Gasteiger partial charge in [0, 0.05) is 25.3 Å². The van der Waals surface area contributed by atoms with Gasteiger partial charge in [0.15, 0.2) is 0 Å². The number of carbonyl (C=O) groups excluding carboxylic acids is 2. The molecule has 1 atom stereocenters. The summed E-state index contributed by atoms with van der Waals surface area (Å²) in [6.07, 6.45) is 0.418. The molecule has 0 aromatic heterocycles. The molecule has 7 heteroatoms. The largest absolute Gasteiger partial charge is 0.469 e. The molecule has 0 saturated carbocycles. The van der Waals surface area contributed by atoms with E-state index >= 15 is 0 Å². The molecule has 0 fully saturated rings. The van der Waals surface area contributed by atoms with Gasteiger partial charge in [0.25, 0.3) is 5.91 Å². The minimum absolute atomic E-state index is 0.0439. The van der Waals surface area contributed by atoms with E-state index < -0.39 is 11.9 Å². The van der Waals surface area contributed by atoms with E-state index in [0.717, 1.165) is 0 Å². The van der Waals surface area contributed by atoms with Crippen LogP contribution in [0.5, 0.6) is 0 Å². The minimum atomic E-state index is -0.463. The zero-order chi connectivity index (χ0) is 16.7. The number of rotatable bonds is 7. The monoisotopic (exact) mass is 347 g/mol. The molecule has 0 bridgehead atoms. The summed E-state index contributed by atoms with van der Waals surface area (Å²) in [5.41, 5.74) is 0.379. The van der Waals surface area contributed by atoms with Crippen molar-refractivity contribution >= 4 is 35.1 Å². The van der Waals surface area contributed by atoms with Gasteiger partial charge in [-0.2, -0.15) is 0 Å². The average Bonchev–Trinajstić information content (AvgIpc) is 2.52. The summed E-state index contributed by atoms with van der Waals surface area (Å²) >= 11 is 11.8. The Kier molecular flexibility index (Phi) is 7.65. The second-order valence-corrected chi connectivity index (χ2v) is 5.70. The number of aliphatic hydroxyl groups excluding tert-OH is 1. The molecule has 5 nitrogen and oxygen atoms in total. The first-order chi connectivity index (χ1) is 10.4. The number of esters is 1. The van der Waals surface area contributed by atoms with Crippen LogP contribution in [0.3, 0.4) is 0 Å². The number of carbonyl (C=O) groups is 2. The second-order valence-electron chi connectivity index (χ2n) is 4.88. The zero-order valence-corrected chi connectivity index (χ0v) is 14.0. The van der Waals surface area contributed by atoms with E-state index in [9.17, 15) is 9.59 Å². The molecule has 0 spiro atoms. The number of amides is 1. The van der Waals surface area contributed by atoms with Crippen molar-refractivity contribution in [3.8, 4) is 0 Å². The maximum atomic E-state index is 12.6. The van der Waals surface area contributed by atoms with E-state index in [0.29, 0.717) is 23.6 Å². The number of halogens is 2. The van der Waals surface area contributed by atoms with E-state index in [4.69, 9.17) is 28.3 Å². The molecule has 0 saturated heterocycles. The molecule has 1 rings (SSSR count). The summed E-state index contributed by atoms with van der Waals surface area (Å²) < 4.78 is 4.67. The molecule has 1 aromatic carbocycles. The number of hydrogen-bond acceptors (Lipinski definition) is 4. The highest BCUT2D eigenvalue weighted by atomic mass is 35.5. The van der Waals surface area contributed by atoms with Crippen molar-refractivity contribution < 1.29 is 19.4 Å². The Bertz CT molecular complexity index is 536. The summed E-state index contributed by atoms with van der Waals surface area (Å²) in [5.74, 6) is -1.13. The van der Waals surface area contributed by atoms with Crippen LogP contribution in [0.2, 0.25) is 10.0 Å². The van der Waals surface area contributed by atoms with Crippen molar-refractivity contribution in [1.29, 1.82) is 0 Å². The maximum Gasteiger partial charge on any atom is 0.310 e. The van der Waals surface area contributed by atoms with Crippen molar-refractivity contribution in [2.24, 2.45) is 5.92 Å². The topological polar surface area (TPSA) is 66.8 Å². The van der Waals surface area contributed by atoms with Crippen molar-refractivity contribution in [3.63, 3.8) is 0 Å². The van der Waals surface area contributed by atoms with Gasteiger partial charge in [0.1, 0.15) is 0 Å². The lowest BCUT2D eigenvalue weighted by Gasteiger charge is -2.25. The molecule has 22 heavy (non-hydrogen) atoms. The van der Waals surface area contributed by atoms with Crippen LogP contribution in [0.4, 0.5) is 0 Å². The van der Waals surface area contributed by atoms with E-state index in [1.807, 2.05) is 0 Å². The smallest absolute Gasteiger partial charge is 0.310 e. The van der Waals surface area contributed by atoms with E-state index in [-0.39, 0.29) is 24.1 Å². The molecule has 1 aromatic rings. The van der Waals surface area contributed by atoms with Crippen LogP contribution in [0, 0.1) is 5.92 Å². The lowest BCUT2D eigenvalue weighted by atomic mass is 10.1. The molecule has 0 aliphatic heterocycles. The van der Waals surface area contributed by atoms with Crippen LogP contribution < -0.4 is 0 Å². The van der Waals surface area contributed by atoms with Gasteiger partial charge in [0.2, 0.25) is 0 Å². The highest BCUT2D eigenvalue weighted by molar-refractivity contribution is 6.42. The molecule has 0 radical (unpaired) electrons. The lowest BCUT2D eigenvalue weighted by Crippen LogP contribution is -2.38. The molecular formula is C15H19Cl2NO4. The van der Waals surface area contributed by atoms with Crippen molar-refractivity contribution in [2.75, 3.05) is 26.8 Å². The Balaban J connectivity index is 2.91. The first-order valence-electron chi connectivity index (χ1n) is 6.83. The normalized spacial score (nSPS) is 11.9. The highest BCUT2D eigenvalue weighted by Crippen LogP contribution is 2.23. The van der Waals surface area contributed by atoms with Crippen LogP contribution in [-0.2, 0) is 9.53 Å². The Labute approximate surface area is 139 Å². The van der Waals surface area contributed by atoms with E-state index in [1.165, 1.54) is 18.1 Å². The molecule has 1 amide bonds. The first-order valence-corrected chi connectivity index (χ1v) is 7.59. The van der Waals surface area contributed by atoms with Gasteiger partial charge in [-0.25, -0.2) is 0 Å². The third-order valence-corrected chi connectivity index (χ3v) is 3.88. The third-order valence-electron chi connectivity index (χ3n) is 3.14. The van der Waals surface area contributed by atoms with Gasteiger partial charge in [-0.1, -0.05) is 30.1 Å². The van der Waals surface area contributed by atoms with Crippen molar-refractivity contribution in [2.45, 2.75) is 13.3 Å². The zero-order valence-electron chi connectivity index (χ0n) is 12.5. The molecule has 122 valence electrons. The Morgan fingerprint density at radius 3 is 2.55 bits per heavy atom. The molecule has 0 aliphatic carbocycles. The van der Waals surface area contributed by atoms with Gasteiger partial charge in [-0.15, -0.1) is 0 Å². The molecule has 1 unspecified atom stereocenters. The van der Waals surface area contributed by atoms with E-state index in [2.05, 4.69) is 4.74 Å². The number of ether oxygens (including phenoxy) is 1. The average molecular weight is 348 g/mol. The minimum Gasteiger partial charge on any atom is -0.469 e. The summed E-state index contributed by atoms with van der Waals surface area (Å²) in [5, 5.41) is 9.62. The molecule has 1 N–H and O–H groups in total. The van der Waals surface area contributed by atoms with E-state index in [1.54, 1.807) is 19.1 Å². The van der Waals surface area contributed by atoms with Gasteiger partial charge in [-0.05, 0) is 24.6 Å². The van der Waals surface area contributed by atoms with Crippen LogP contribution in [0.1, 0.15) is 23.7 Å². The summed E-state index contributed by atoms with van der Waals surface area (Å²) in [4.78, 5) is 25.6. The summed E-state index contributed by atoms with van der Waals surface area (Å²) in [6.45, 7) is 2.17. The maximum absolute atomic E-state index is 12.6. The summed E-state index contributed by atoms with van der Waals surface area (Å²) in [7, 11) is 1.30. The Morgan fingerprint density at radius 1 is 1.32 bits per heavy atom. The van der Waals surface area contributed by atoms with Gasteiger partial charge in [0.05, 0.1) is 23.1 Å². The fourth-order valence-electron chi connectivity index (χ4n) is 1.96. The lowest BCUT2D eigenvalue weighted by molar-refractivity contribution is -0.145. The molecule has 0 heterocycles. The van der Waals surface area contributed by atoms with Gasteiger partial charge in [-0.3, -0.25) is 9.59 Å². The first kappa shape index (κ1) is 18.7. The number of nitrogens with zero attached hydrogens (tertiary/aromatic N) is 1. The quantitative estimate of drug-likeness (QED) is 0.770. The number of hydrogen-bond donors (Lipinski definition) is 1. The highest BCUT2D eigenvalue weighted by Gasteiger charge is 2.22. The Morgan fingerprint density at radius 2 is 2.00 bits per heavy atom.